The summed E-state index contributed by atoms with van der Waals surface area (Å²) in [7, 11) is 0. The van der Waals surface area contributed by atoms with E-state index in [4.69, 9.17) is 18.9 Å². The summed E-state index contributed by atoms with van der Waals surface area (Å²) in [5.41, 5.74) is 1.10. The molecule has 2 aromatic carbocycles. The fraction of sp³-hybridized carbons (Fsp3) is 0.455. The van der Waals surface area contributed by atoms with Crippen molar-refractivity contribution < 1.29 is 24.1 Å². The Balaban J connectivity index is 1.16. The van der Waals surface area contributed by atoms with E-state index in [1.807, 2.05) is 48.5 Å². The molecule has 1 saturated heterocycles. The molecule has 0 radical (unpaired) electrons. The molecular weight excluding hydrogens is 358 g/mol. The van der Waals surface area contributed by atoms with Crippen molar-refractivity contribution in [1.82, 2.24) is 4.90 Å². The number of rotatable bonds is 3. The van der Waals surface area contributed by atoms with Crippen LogP contribution in [0.3, 0.4) is 0 Å². The average Bonchev–Trinajstić information content (AvgIpc) is 2.75. The van der Waals surface area contributed by atoms with Crippen molar-refractivity contribution >= 4 is 0 Å². The summed E-state index contributed by atoms with van der Waals surface area (Å²) in [6.07, 6.45) is 0.578. The number of nitrogens with zero attached hydrogens (tertiary/aromatic N) is 1. The first-order chi connectivity index (χ1) is 13.7. The van der Waals surface area contributed by atoms with Crippen molar-refractivity contribution in [3.05, 3.63) is 54.1 Å². The Hall–Kier alpha value is -2.28. The van der Waals surface area contributed by atoms with Gasteiger partial charge in [-0.1, -0.05) is 30.3 Å². The van der Waals surface area contributed by atoms with E-state index in [-0.39, 0.29) is 6.10 Å². The van der Waals surface area contributed by atoms with Gasteiger partial charge in [0, 0.05) is 38.0 Å². The largest absolute Gasteiger partial charge is 0.486 e. The summed E-state index contributed by atoms with van der Waals surface area (Å²) < 4.78 is 24.0. The van der Waals surface area contributed by atoms with Gasteiger partial charge in [-0.25, -0.2) is 0 Å². The topological polar surface area (TPSA) is 60.4 Å². The molecule has 0 bridgehead atoms. The first-order valence-corrected chi connectivity index (χ1v) is 9.91. The lowest BCUT2D eigenvalue weighted by atomic mass is 10.0. The van der Waals surface area contributed by atoms with Gasteiger partial charge in [-0.15, -0.1) is 0 Å². The van der Waals surface area contributed by atoms with E-state index in [1.165, 1.54) is 0 Å². The van der Waals surface area contributed by atoms with Crippen molar-refractivity contribution in [2.75, 3.05) is 26.2 Å². The van der Waals surface area contributed by atoms with Gasteiger partial charge in [0.15, 0.2) is 17.6 Å². The number of fused-ring (bicyclic) bond motifs is 2. The first-order valence-electron chi connectivity index (χ1n) is 9.91. The zero-order valence-electron chi connectivity index (χ0n) is 15.8. The van der Waals surface area contributed by atoms with E-state index in [2.05, 4.69) is 4.90 Å². The van der Waals surface area contributed by atoms with Crippen LogP contribution in [-0.2, 0) is 11.3 Å². The second-order valence-corrected chi connectivity index (χ2v) is 7.69. The molecule has 6 nitrogen and oxygen atoms in total. The van der Waals surface area contributed by atoms with E-state index in [0.29, 0.717) is 25.5 Å². The maximum absolute atomic E-state index is 10.7. The highest BCUT2D eigenvalue weighted by Crippen LogP contribution is 2.37. The molecule has 0 aromatic heterocycles. The number of ether oxygens (including phenoxy) is 4. The summed E-state index contributed by atoms with van der Waals surface area (Å²) in [6, 6.07) is 15.6. The number of hydrogen-bond acceptors (Lipinski definition) is 6. The molecule has 0 unspecified atom stereocenters. The van der Waals surface area contributed by atoms with Gasteiger partial charge in [0.1, 0.15) is 18.5 Å². The monoisotopic (exact) mass is 383 g/mol. The highest BCUT2D eigenvalue weighted by molar-refractivity contribution is 5.40. The van der Waals surface area contributed by atoms with Gasteiger partial charge in [0.2, 0.25) is 5.79 Å². The number of aliphatic hydroxyl groups excluding tert-OH is 1. The van der Waals surface area contributed by atoms with Crippen LogP contribution in [0.1, 0.15) is 18.4 Å². The minimum Gasteiger partial charge on any atom is -0.486 e. The molecule has 6 heteroatoms. The molecule has 0 aliphatic carbocycles. The van der Waals surface area contributed by atoms with Crippen LogP contribution < -0.4 is 14.2 Å². The summed E-state index contributed by atoms with van der Waals surface area (Å²) in [6.45, 7) is 3.11. The minimum atomic E-state index is -0.615. The van der Waals surface area contributed by atoms with Crippen LogP contribution in [0.5, 0.6) is 17.2 Å². The second kappa shape index (κ2) is 7.28. The Morgan fingerprint density at radius 2 is 1.71 bits per heavy atom. The van der Waals surface area contributed by atoms with E-state index < -0.39 is 11.9 Å². The summed E-state index contributed by atoms with van der Waals surface area (Å²) >= 11 is 0. The Morgan fingerprint density at radius 3 is 2.54 bits per heavy atom. The van der Waals surface area contributed by atoms with Crippen molar-refractivity contribution in [2.24, 2.45) is 0 Å². The van der Waals surface area contributed by atoms with E-state index >= 15 is 0 Å². The number of hydrogen-bond donors (Lipinski definition) is 1. The van der Waals surface area contributed by atoms with Crippen LogP contribution in [-0.4, -0.2) is 54.2 Å². The predicted octanol–water partition coefficient (Wildman–Crippen LogP) is 2.59. The van der Waals surface area contributed by atoms with E-state index in [9.17, 15) is 5.11 Å². The van der Waals surface area contributed by atoms with Crippen molar-refractivity contribution in [1.29, 1.82) is 0 Å². The van der Waals surface area contributed by atoms with Crippen LogP contribution >= 0.6 is 0 Å². The lowest BCUT2D eigenvalue weighted by molar-refractivity contribution is -0.229. The van der Waals surface area contributed by atoms with Crippen molar-refractivity contribution in [3.63, 3.8) is 0 Å². The number of aliphatic hydroxyl groups is 1. The fourth-order valence-electron chi connectivity index (χ4n) is 4.09. The summed E-state index contributed by atoms with van der Waals surface area (Å²) in [5.74, 6) is 1.81. The third-order valence-electron chi connectivity index (χ3n) is 5.78. The Bertz CT molecular complexity index is 833. The fourth-order valence-corrected chi connectivity index (χ4v) is 4.09. The maximum atomic E-state index is 10.7. The number of piperidine rings is 1. The molecule has 1 fully saturated rings. The standard InChI is InChI=1S/C22H25NO5/c24-17(21-15-25-19-7-3-4-8-20(19)27-21)13-23-11-9-22(10-12-23)26-14-16-5-1-2-6-18(16)28-22/h1-8,17,21,24H,9-15H2/t17-,21+/m1/s1. The predicted molar refractivity (Wildman–Crippen MR) is 103 cm³/mol. The summed E-state index contributed by atoms with van der Waals surface area (Å²) in [4.78, 5) is 2.24. The highest BCUT2D eigenvalue weighted by atomic mass is 16.7. The molecule has 5 rings (SSSR count). The first kappa shape index (κ1) is 17.8. The van der Waals surface area contributed by atoms with Gasteiger partial charge in [0.25, 0.3) is 0 Å². The van der Waals surface area contributed by atoms with Crippen LogP contribution in [0.4, 0.5) is 0 Å². The normalized spacial score (nSPS) is 24.2. The second-order valence-electron chi connectivity index (χ2n) is 7.69. The van der Waals surface area contributed by atoms with Gasteiger partial charge in [-0.3, -0.25) is 0 Å². The Kier molecular flexibility index (Phi) is 4.62. The van der Waals surface area contributed by atoms with E-state index in [1.54, 1.807) is 0 Å². The van der Waals surface area contributed by atoms with Crippen LogP contribution in [0.2, 0.25) is 0 Å². The van der Waals surface area contributed by atoms with Crippen molar-refractivity contribution in [2.45, 2.75) is 37.4 Å². The lowest BCUT2D eigenvalue weighted by Crippen LogP contribution is -2.54. The molecule has 3 aliphatic heterocycles. The Morgan fingerprint density at radius 1 is 1.00 bits per heavy atom. The zero-order chi connectivity index (χ0) is 19.0. The molecular formula is C22H25NO5. The molecule has 0 amide bonds. The molecule has 3 heterocycles. The molecule has 148 valence electrons. The molecule has 2 aromatic rings. The molecule has 1 spiro atoms. The lowest BCUT2D eigenvalue weighted by Gasteiger charge is -2.44. The van der Waals surface area contributed by atoms with Gasteiger partial charge in [-0.05, 0) is 18.2 Å². The van der Waals surface area contributed by atoms with Crippen LogP contribution in [0.15, 0.2) is 48.5 Å². The van der Waals surface area contributed by atoms with Crippen molar-refractivity contribution in [3.8, 4) is 17.2 Å². The zero-order valence-corrected chi connectivity index (χ0v) is 15.8. The maximum Gasteiger partial charge on any atom is 0.213 e. The summed E-state index contributed by atoms with van der Waals surface area (Å²) in [5, 5.41) is 10.7. The highest BCUT2D eigenvalue weighted by Gasteiger charge is 2.41. The molecule has 2 atom stereocenters. The molecule has 1 N–H and O–H groups in total. The Labute approximate surface area is 164 Å². The molecule has 28 heavy (non-hydrogen) atoms. The third kappa shape index (κ3) is 3.43. The van der Waals surface area contributed by atoms with Crippen LogP contribution in [0, 0.1) is 0 Å². The minimum absolute atomic E-state index is 0.360. The van der Waals surface area contributed by atoms with Gasteiger partial charge < -0.3 is 29.0 Å². The van der Waals surface area contributed by atoms with Crippen LogP contribution in [0.25, 0.3) is 0 Å². The number of likely N-dealkylation sites (tertiary alicyclic amines) is 1. The smallest absolute Gasteiger partial charge is 0.213 e. The van der Waals surface area contributed by atoms with Gasteiger partial charge >= 0.3 is 0 Å². The SMILES string of the molecule is O[C@H](CN1CCC2(CC1)OCc1ccccc1O2)[C@@H]1COc2ccccc2O1. The van der Waals surface area contributed by atoms with Gasteiger partial charge in [0.05, 0.1) is 6.61 Å². The number of para-hydroxylation sites is 3. The quantitative estimate of drug-likeness (QED) is 0.879. The van der Waals surface area contributed by atoms with E-state index in [0.717, 1.165) is 43.0 Å². The number of β-amino-alcohol motifs (C(OH)–C–C–N with tert-alkyl or cyclic N) is 1. The average molecular weight is 383 g/mol. The third-order valence-corrected chi connectivity index (χ3v) is 5.78. The molecule has 0 saturated carbocycles. The molecule has 3 aliphatic rings. The number of benzene rings is 2. The van der Waals surface area contributed by atoms with Gasteiger partial charge in [-0.2, -0.15) is 0 Å².